The predicted octanol–water partition coefficient (Wildman–Crippen LogP) is 4.82. The van der Waals surface area contributed by atoms with Crippen LogP contribution in [0.15, 0.2) is 83.4 Å². The van der Waals surface area contributed by atoms with Crippen LogP contribution in [0, 0.1) is 0 Å². The number of allylic oxidation sites excluding steroid dienone is 5. The smallest absolute Gasteiger partial charge is 0.0571 e. The Morgan fingerprint density at radius 2 is 1.04 bits per heavy atom. The van der Waals surface area contributed by atoms with Crippen LogP contribution in [0.25, 0.3) is 5.57 Å². The van der Waals surface area contributed by atoms with Gasteiger partial charge in [0.05, 0.1) is 5.71 Å². The first-order valence-electron chi connectivity index (χ1n) is 9.12. The molecule has 0 unspecified atom stereocenters. The number of benzene rings is 2. The average molecular weight is 358 g/mol. The van der Waals surface area contributed by atoms with Crippen LogP contribution < -0.4 is 9.80 Å². The molecule has 0 bridgehead atoms. The van der Waals surface area contributed by atoms with E-state index in [9.17, 15) is 0 Å². The van der Waals surface area contributed by atoms with E-state index >= 15 is 0 Å². The van der Waals surface area contributed by atoms with Crippen molar-refractivity contribution in [2.45, 2.75) is 0 Å². The minimum absolute atomic E-state index is 0.990. The lowest BCUT2D eigenvalue weighted by Gasteiger charge is -2.18. The van der Waals surface area contributed by atoms with E-state index in [1.54, 1.807) is 0 Å². The summed E-state index contributed by atoms with van der Waals surface area (Å²) < 4.78 is 0. The minimum Gasteiger partial charge on any atom is -0.378 e. The van der Waals surface area contributed by atoms with E-state index in [4.69, 9.17) is 0 Å². The van der Waals surface area contributed by atoms with Crippen molar-refractivity contribution in [3.05, 3.63) is 89.5 Å². The number of aliphatic imine (C=N–C) groups is 1. The first kappa shape index (κ1) is 18.7. The molecule has 0 saturated carbocycles. The maximum absolute atomic E-state index is 4.26. The average Bonchev–Trinajstić information content (AvgIpc) is 2.69. The van der Waals surface area contributed by atoms with Crippen LogP contribution in [0.2, 0.25) is 0 Å². The van der Waals surface area contributed by atoms with Gasteiger partial charge in [0.1, 0.15) is 0 Å². The SMILES string of the molecule is CN=C1C=CC(=C(c2ccc(N(C)C)cc2)c2ccc(N(C)C)cc2)C=C1. The number of anilines is 2. The van der Waals surface area contributed by atoms with Crippen molar-refractivity contribution in [2.24, 2.45) is 4.99 Å². The highest BCUT2D eigenvalue weighted by Gasteiger charge is 2.12. The van der Waals surface area contributed by atoms with Crippen LogP contribution in [0.3, 0.4) is 0 Å². The van der Waals surface area contributed by atoms with Gasteiger partial charge in [-0.05, 0) is 58.7 Å². The summed E-state index contributed by atoms with van der Waals surface area (Å²) in [4.78, 5) is 8.49. The van der Waals surface area contributed by atoms with Crippen molar-refractivity contribution in [3.63, 3.8) is 0 Å². The Balaban J connectivity index is 2.11. The molecule has 138 valence electrons. The predicted molar refractivity (Wildman–Crippen MR) is 119 cm³/mol. The molecule has 3 rings (SSSR count). The Morgan fingerprint density at radius 3 is 1.37 bits per heavy atom. The lowest BCUT2D eigenvalue weighted by Crippen LogP contribution is -2.08. The summed E-state index contributed by atoms with van der Waals surface area (Å²) in [5.74, 6) is 0. The molecular formula is C24H27N3. The molecule has 0 aromatic heterocycles. The lowest BCUT2D eigenvalue weighted by atomic mass is 9.90. The fourth-order valence-electron chi connectivity index (χ4n) is 3.13. The second kappa shape index (κ2) is 8.09. The fraction of sp³-hybridized carbons (Fsp3) is 0.208. The molecule has 0 fully saturated rings. The van der Waals surface area contributed by atoms with Crippen molar-refractivity contribution in [1.29, 1.82) is 0 Å². The van der Waals surface area contributed by atoms with Crippen LogP contribution in [-0.2, 0) is 0 Å². The molecule has 0 aliphatic heterocycles. The van der Waals surface area contributed by atoms with E-state index in [2.05, 4.69) is 116 Å². The molecular weight excluding hydrogens is 330 g/mol. The first-order valence-corrected chi connectivity index (χ1v) is 9.12. The minimum atomic E-state index is 0.990. The molecule has 2 aromatic carbocycles. The fourth-order valence-corrected chi connectivity index (χ4v) is 3.13. The van der Waals surface area contributed by atoms with Crippen LogP contribution >= 0.6 is 0 Å². The summed E-state index contributed by atoms with van der Waals surface area (Å²) in [6.45, 7) is 0. The van der Waals surface area contributed by atoms with Crippen molar-refractivity contribution >= 4 is 22.7 Å². The number of hydrogen-bond acceptors (Lipinski definition) is 3. The second-order valence-electron chi connectivity index (χ2n) is 7.03. The highest BCUT2D eigenvalue weighted by atomic mass is 15.1. The molecule has 3 heteroatoms. The van der Waals surface area contributed by atoms with Crippen molar-refractivity contribution in [2.75, 3.05) is 45.0 Å². The zero-order chi connectivity index (χ0) is 19.4. The van der Waals surface area contributed by atoms with Gasteiger partial charge in [-0.25, -0.2) is 0 Å². The Morgan fingerprint density at radius 1 is 0.630 bits per heavy atom. The summed E-state index contributed by atoms with van der Waals surface area (Å²) in [6, 6.07) is 17.5. The van der Waals surface area contributed by atoms with Gasteiger partial charge in [0, 0.05) is 46.6 Å². The summed E-state index contributed by atoms with van der Waals surface area (Å²) in [6.07, 6.45) is 8.43. The van der Waals surface area contributed by atoms with Gasteiger partial charge in [-0.3, -0.25) is 4.99 Å². The Kier molecular flexibility index (Phi) is 5.60. The van der Waals surface area contributed by atoms with Crippen LogP contribution in [0.1, 0.15) is 11.1 Å². The van der Waals surface area contributed by atoms with Crippen molar-refractivity contribution in [3.8, 4) is 0 Å². The van der Waals surface area contributed by atoms with Gasteiger partial charge in [-0.1, -0.05) is 36.4 Å². The quantitative estimate of drug-likeness (QED) is 0.781. The third-order valence-electron chi connectivity index (χ3n) is 4.76. The molecule has 2 aromatic rings. The molecule has 0 saturated heterocycles. The van der Waals surface area contributed by atoms with Gasteiger partial charge < -0.3 is 9.80 Å². The summed E-state index contributed by atoms with van der Waals surface area (Å²) >= 11 is 0. The van der Waals surface area contributed by atoms with Gasteiger partial charge in [-0.15, -0.1) is 0 Å². The third-order valence-corrected chi connectivity index (χ3v) is 4.76. The van der Waals surface area contributed by atoms with E-state index in [0.29, 0.717) is 0 Å². The normalized spacial score (nSPS) is 12.9. The van der Waals surface area contributed by atoms with Crippen LogP contribution in [-0.4, -0.2) is 41.0 Å². The van der Waals surface area contributed by atoms with E-state index in [0.717, 1.165) is 5.71 Å². The maximum atomic E-state index is 4.26. The monoisotopic (exact) mass is 357 g/mol. The van der Waals surface area contributed by atoms with E-state index in [-0.39, 0.29) is 0 Å². The topological polar surface area (TPSA) is 18.8 Å². The van der Waals surface area contributed by atoms with Gasteiger partial charge in [0.2, 0.25) is 0 Å². The number of hydrogen-bond donors (Lipinski definition) is 0. The van der Waals surface area contributed by atoms with Crippen LogP contribution in [0.4, 0.5) is 11.4 Å². The molecule has 3 nitrogen and oxygen atoms in total. The standard InChI is InChI=1S/C24H27N3/c1-25-21-12-6-18(7-13-21)24(19-8-14-22(15-9-19)26(2)3)20-10-16-23(17-11-20)27(4)5/h6-17H,1-5H3. The lowest BCUT2D eigenvalue weighted by molar-refractivity contribution is 1.13. The highest BCUT2D eigenvalue weighted by molar-refractivity contribution is 6.07. The number of rotatable bonds is 4. The molecule has 0 heterocycles. The van der Waals surface area contributed by atoms with Crippen molar-refractivity contribution < 1.29 is 0 Å². The van der Waals surface area contributed by atoms with Crippen LogP contribution in [0.5, 0.6) is 0 Å². The Hall–Kier alpha value is -3.07. The van der Waals surface area contributed by atoms with E-state index < -0.39 is 0 Å². The molecule has 0 amide bonds. The van der Waals surface area contributed by atoms with E-state index in [1.807, 2.05) is 7.05 Å². The van der Waals surface area contributed by atoms with Gasteiger partial charge >= 0.3 is 0 Å². The highest BCUT2D eigenvalue weighted by Crippen LogP contribution is 2.31. The summed E-state index contributed by atoms with van der Waals surface area (Å²) in [5.41, 5.74) is 8.22. The molecule has 0 atom stereocenters. The van der Waals surface area contributed by atoms with Gasteiger partial charge in [0.25, 0.3) is 0 Å². The molecule has 0 spiro atoms. The molecule has 1 aliphatic carbocycles. The maximum Gasteiger partial charge on any atom is 0.0571 e. The van der Waals surface area contributed by atoms with E-state index in [1.165, 1.54) is 33.6 Å². The van der Waals surface area contributed by atoms with Crippen molar-refractivity contribution in [1.82, 2.24) is 0 Å². The zero-order valence-corrected chi connectivity index (χ0v) is 16.8. The number of nitrogens with zero attached hydrogens (tertiary/aromatic N) is 3. The first-order chi connectivity index (χ1) is 13.0. The van der Waals surface area contributed by atoms with Gasteiger partial charge in [-0.2, -0.15) is 0 Å². The Labute approximate surface area is 162 Å². The summed E-state index contributed by atoms with van der Waals surface area (Å²) in [5, 5.41) is 0. The molecule has 0 N–H and O–H groups in total. The second-order valence-corrected chi connectivity index (χ2v) is 7.03. The van der Waals surface area contributed by atoms with Gasteiger partial charge in [0.15, 0.2) is 0 Å². The third kappa shape index (κ3) is 4.20. The molecule has 0 radical (unpaired) electrons. The zero-order valence-electron chi connectivity index (χ0n) is 16.8. The molecule has 1 aliphatic rings. The summed E-state index contributed by atoms with van der Waals surface area (Å²) in [7, 11) is 10.1. The molecule has 27 heavy (non-hydrogen) atoms. The Bertz CT molecular complexity index is 838. The largest absolute Gasteiger partial charge is 0.378 e.